The molecule has 10 atom stereocenters. The Morgan fingerprint density at radius 2 is 1.18 bits per heavy atom. The van der Waals surface area contributed by atoms with Crippen LogP contribution in [0.1, 0.15) is 81.1 Å². The molecule has 71 heavy (non-hydrogen) atoms. The number of carbonyl (C=O) groups is 10. The molecule has 0 aliphatic carbocycles. The maximum absolute atomic E-state index is 14.0. The number of carboxylic acid groups (broad SMARTS) is 1. The fraction of sp³-hybridized carbons (Fsp3) is 0.725. The van der Waals surface area contributed by atoms with Crippen molar-refractivity contribution in [2.75, 3.05) is 19.7 Å². The van der Waals surface area contributed by atoms with Crippen LogP contribution in [0, 0.1) is 23.2 Å². The molecule has 0 unspecified atom stereocenters. The number of guanidine groups is 1. The number of amides is 7. The Hall–Kier alpha value is -6.53. The van der Waals surface area contributed by atoms with Gasteiger partial charge in [-0.2, -0.15) is 26.3 Å². The van der Waals surface area contributed by atoms with Gasteiger partial charge in [0.2, 0.25) is 41.4 Å². The van der Waals surface area contributed by atoms with E-state index in [2.05, 4.69) is 36.1 Å². The van der Waals surface area contributed by atoms with E-state index in [0.29, 0.717) is 0 Å². The number of halogens is 6. The highest BCUT2D eigenvalue weighted by Crippen LogP contribution is 2.20. The lowest BCUT2D eigenvalue weighted by Gasteiger charge is -2.30. The van der Waals surface area contributed by atoms with Crippen molar-refractivity contribution in [1.82, 2.24) is 42.5 Å². The summed E-state index contributed by atoms with van der Waals surface area (Å²) in [6, 6.07) is -12.1. The minimum absolute atomic E-state index is 0.00592. The molecule has 0 spiro atoms. The molecule has 25 nitrogen and oxygen atoms in total. The molecule has 406 valence electrons. The highest BCUT2D eigenvalue weighted by molar-refractivity contribution is 5.97. The van der Waals surface area contributed by atoms with E-state index in [1.165, 1.54) is 6.92 Å². The second-order valence-electron chi connectivity index (χ2n) is 17.0. The van der Waals surface area contributed by atoms with Gasteiger partial charge in [-0.05, 0) is 50.9 Å². The fourth-order valence-electron chi connectivity index (χ4n) is 5.86. The SMILES string of the molecule is CC[C@H](C)[C@H](NC(=O)[C@@H](CCCNC(=N)N)NC(=O)[C@H](CC(C)C)NC(=O)[C@@H](N)[C@H](O)C(C)C)C(=O)N[C@H](C(=O)NCC(=O)N[C@@H](C)C(=O)N[C@@H](COC(=O)C(F)(F)F)C(=O)O)[C@H](C)OC(=O)C(F)(F)F. The number of nitrogens with two attached hydrogens (primary N) is 2. The number of rotatable bonds is 29. The van der Waals surface area contributed by atoms with Gasteiger partial charge in [-0.15, -0.1) is 0 Å². The van der Waals surface area contributed by atoms with Crippen molar-refractivity contribution in [2.45, 2.75) is 148 Å². The van der Waals surface area contributed by atoms with E-state index in [1.807, 2.05) is 10.6 Å². The number of aliphatic hydroxyl groups is 1. The highest BCUT2D eigenvalue weighted by Gasteiger charge is 2.45. The van der Waals surface area contributed by atoms with Crippen molar-refractivity contribution in [3.63, 3.8) is 0 Å². The summed E-state index contributed by atoms with van der Waals surface area (Å²) in [6.45, 7) is 8.74. The van der Waals surface area contributed by atoms with Crippen LogP contribution in [0.15, 0.2) is 0 Å². The average molecular weight is 1040 g/mol. The zero-order valence-corrected chi connectivity index (χ0v) is 40.1. The Balaban J connectivity index is 6.59. The van der Waals surface area contributed by atoms with E-state index >= 15 is 0 Å². The summed E-state index contributed by atoms with van der Waals surface area (Å²) >= 11 is 0. The zero-order chi connectivity index (χ0) is 55.3. The first-order valence-corrected chi connectivity index (χ1v) is 21.9. The molecule has 0 aliphatic heterocycles. The monoisotopic (exact) mass is 1040 g/mol. The van der Waals surface area contributed by atoms with Crippen LogP contribution in [0.5, 0.6) is 0 Å². The third kappa shape index (κ3) is 23.8. The number of hydrogen-bond donors (Lipinski definition) is 13. The molecule has 0 bridgehead atoms. The molecule has 7 amide bonds. The van der Waals surface area contributed by atoms with E-state index in [9.17, 15) is 84.5 Å². The van der Waals surface area contributed by atoms with Crippen molar-refractivity contribution in [1.29, 1.82) is 5.41 Å². The quantitative estimate of drug-likeness (QED) is 0.0120. The molecule has 0 heterocycles. The largest absolute Gasteiger partial charge is 0.490 e. The van der Waals surface area contributed by atoms with Crippen LogP contribution < -0.4 is 54.0 Å². The number of esters is 2. The number of alkyl halides is 6. The van der Waals surface area contributed by atoms with Crippen LogP contribution in [0.2, 0.25) is 0 Å². The van der Waals surface area contributed by atoms with E-state index in [1.54, 1.807) is 39.9 Å². The molecule has 0 radical (unpaired) electrons. The maximum Gasteiger partial charge on any atom is 0.490 e. The van der Waals surface area contributed by atoms with Crippen LogP contribution in [0.25, 0.3) is 0 Å². The number of nitrogens with one attached hydrogen (secondary N) is 9. The Kier molecular flexibility index (Phi) is 26.9. The molecular weight excluding hydrogens is 972 g/mol. The molecular formula is C40H65F6N11O14. The summed E-state index contributed by atoms with van der Waals surface area (Å²) in [5, 5.41) is 44.7. The topological polar surface area (TPSA) is 402 Å². The van der Waals surface area contributed by atoms with E-state index < -0.39 is 157 Å². The van der Waals surface area contributed by atoms with Crippen molar-refractivity contribution in [3.8, 4) is 0 Å². The van der Waals surface area contributed by atoms with Gasteiger partial charge in [0.15, 0.2) is 12.0 Å². The zero-order valence-electron chi connectivity index (χ0n) is 40.1. The van der Waals surface area contributed by atoms with Gasteiger partial charge in [0, 0.05) is 6.54 Å². The van der Waals surface area contributed by atoms with Gasteiger partial charge < -0.3 is 73.7 Å². The van der Waals surface area contributed by atoms with Crippen LogP contribution in [-0.2, 0) is 57.4 Å². The first-order valence-electron chi connectivity index (χ1n) is 21.9. The number of hydrogen-bond acceptors (Lipinski definition) is 15. The second-order valence-corrected chi connectivity index (χ2v) is 17.0. The Morgan fingerprint density at radius 1 is 0.662 bits per heavy atom. The lowest BCUT2D eigenvalue weighted by Crippen LogP contribution is -2.62. The van der Waals surface area contributed by atoms with Crippen LogP contribution >= 0.6 is 0 Å². The number of carbonyl (C=O) groups excluding carboxylic acids is 9. The normalized spacial score (nSPS) is 15.9. The molecule has 0 aliphatic rings. The summed E-state index contributed by atoms with van der Waals surface area (Å²) in [4.78, 5) is 128. The second kappa shape index (κ2) is 29.6. The van der Waals surface area contributed by atoms with Gasteiger partial charge in [0.1, 0.15) is 49.0 Å². The number of aliphatic carboxylic acids is 1. The van der Waals surface area contributed by atoms with Gasteiger partial charge in [-0.1, -0.05) is 48.0 Å². The van der Waals surface area contributed by atoms with Crippen molar-refractivity contribution in [2.24, 2.45) is 29.2 Å². The summed E-state index contributed by atoms with van der Waals surface area (Å²) < 4.78 is 85.4. The first kappa shape index (κ1) is 64.5. The van der Waals surface area contributed by atoms with Crippen LogP contribution in [0.4, 0.5) is 26.3 Å². The Labute approximate surface area is 403 Å². The minimum atomic E-state index is -5.61. The van der Waals surface area contributed by atoms with Gasteiger partial charge >= 0.3 is 30.3 Å². The third-order valence-electron chi connectivity index (χ3n) is 10.1. The molecule has 15 N–H and O–H groups in total. The summed E-state index contributed by atoms with van der Waals surface area (Å²) in [7, 11) is 0. The van der Waals surface area contributed by atoms with Crippen molar-refractivity contribution >= 4 is 65.2 Å². The van der Waals surface area contributed by atoms with Crippen LogP contribution in [0.3, 0.4) is 0 Å². The minimum Gasteiger partial charge on any atom is -0.480 e. The Bertz CT molecular complexity index is 1890. The predicted octanol–water partition coefficient (Wildman–Crippen LogP) is -2.58. The summed E-state index contributed by atoms with van der Waals surface area (Å²) in [6.07, 6.45) is -14.6. The molecule has 0 aromatic heterocycles. The highest BCUT2D eigenvalue weighted by atomic mass is 19.4. The van der Waals surface area contributed by atoms with Crippen molar-refractivity contribution in [3.05, 3.63) is 0 Å². The lowest BCUT2D eigenvalue weighted by atomic mass is 9.96. The number of ether oxygens (including phenoxy) is 2. The lowest BCUT2D eigenvalue weighted by molar-refractivity contribution is -0.205. The molecule has 31 heteroatoms. The average Bonchev–Trinajstić information content (AvgIpc) is 3.25. The molecule has 0 fully saturated rings. The molecule has 0 saturated carbocycles. The molecule has 0 aromatic rings. The molecule has 0 saturated heterocycles. The first-order chi connectivity index (χ1) is 32.5. The molecule has 0 aromatic carbocycles. The standard InChI is InChI=1S/C40H65F6N11O14/c1-9-18(6)26(56-30(61)21(11-10-12-50-38(48)49)53-31(62)22(13-16(2)3)54-32(63)25(47)28(59)17(4)5)34(65)57-27(20(8)71-37(69)40(44,45)46)33(64)51-14-24(58)52-19(7)29(60)55-23(35(66)67)15-70-36(68)39(41,42)43/h16-23,25-28,59H,9-15,47H2,1-8H3,(H,51,64)(H,52,58)(H,53,62)(H,54,63)(H,55,60)(H,56,61)(H,57,65)(H,66,67)(H4,48,49,50)/t18-,19-,20-,21+,22-,23-,25-,26-,27-,28+/m0/s1. The van der Waals surface area contributed by atoms with Crippen molar-refractivity contribution < 1.29 is 94.0 Å². The fourth-order valence-corrected chi connectivity index (χ4v) is 5.86. The van der Waals surface area contributed by atoms with Gasteiger partial charge in [-0.25, -0.2) is 14.4 Å². The maximum atomic E-state index is 14.0. The van der Waals surface area contributed by atoms with Gasteiger partial charge in [0.05, 0.1) is 12.6 Å². The van der Waals surface area contributed by atoms with E-state index in [4.69, 9.17) is 16.9 Å². The van der Waals surface area contributed by atoms with Gasteiger partial charge in [0.25, 0.3) is 0 Å². The summed E-state index contributed by atoms with van der Waals surface area (Å²) in [5.41, 5.74) is 11.3. The van der Waals surface area contributed by atoms with E-state index in [-0.39, 0.29) is 38.1 Å². The van der Waals surface area contributed by atoms with Gasteiger partial charge in [-0.3, -0.25) is 39.0 Å². The predicted molar refractivity (Wildman–Crippen MR) is 233 cm³/mol. The number of carboxylic acids is 1. The Morgan fingerprint density at radius 3 is 1.68 bits per heavy atom. The third-order valence-corrected chi connectivity index (χ3v) is 10.1. The summed E-state index contributed by atoms with van der Waals surface area (Å²) in [5.74, 6) is -17.7. The van der Waals surface area contributed by atoms with Crippen LogP contribution in [-0.4, -0.2) is 162 Å². The van der Waals surface area contributed by atoms with E-state index in [0.717, 1.165) is 13.8 Å². The number of aliphatic hydroxyl groups excluding tert-OH is 1. The smallest absolute Gasteiger partial charge is 0.480 e. The molecule has 0 rings (SSSR count).